The molecule has 1 aromatic heterocycles. The number of nitrogens with two attached hydrogens (primary N) is 1. The highest BCUT2D eigenvalue weighted by Crippen LogP contribution is 2.23. The van der Waals surface area contributed by atoms with Gasteiger partial charge in [0.1, 0.15) is 11.4 Å². The van der Waals surface area contributed by atoms with Crippen molar-refractivity contribution in [2.24, 2.45) is 5.73 Å². The molecule has 0 aliphatic carbocycles. The quantitative estimate of drug-likeness (QED) is 0.594. The summed E-state index contributed by atoms with van der Waals surface area (Å²) in [5, 5.41) is 13.4. The van der Waals surface area contributed by atoms with Gasteiger partial charge in [0.2, 0.25) is 0 Å². The minimum atomic E-state index is -0.672. The van der Waals surface area contributed by atoms with Gasteiger partial charge in [-0.3, -0.25) is 15.2 Å². The van der Waals surface area contributed by atoms with E-state index in [1.165, 1.54) is 6.20 Å². The Morgan fingerprint density at radius 2 is 1.82 bits per heavy atom. The first-order chi connectivity index (χ1) is 10.6. The number of amides is 3. The SMILES string of the molecule is NC(=O)c1cn[nH]c1NC(=O)Nc1cccc2ccccc12. The van der Waals surface area contributed by atoms with E-state index in [1.807, 2.05) is 36.4 Å². The zero-order valence-corrected chi connectivity index (χ0v) is 11.5. The van der Waals surface area contributed by atoms with E-state index in [4.69, 9.17) is 5.73 Å². The minimum absolute atomic E-state index is 0.119. The Hall–Kier alpha value is -3.35. The van der Waals surface area contributed by atoms with Crippen LogP contribution in [-0.4, -0.2) is 22.1 Å². The van der Waals surface area contributed by atoms with Crippen molar-refractivity contribution >= 4 is 34.2 Å². The molecule has 0 aliphatic heterocycles. The average Bonchev–Trinajstić information content (AvgIpc) is 2.96. The summed E-state index contributed by atoms with van der Waals surface area (Å²) in [4.78, 5) is 23.3. The van der Waals surface area contributed by atoms with E-state index in [-0.39, 0.29) is 11.4 Å². The van der Waals surface area contributed by atoms with E-state index in [1.54, 1.807) is 6.07 Å². The number of aromatic nitrogens is 2. The van der Waals surface area contributed by atoms with Gasteiger partial charge in [0.25, 0.3) is 5.91 Å². The largest absolute Gasteiger partial charge is 0.365 e. The number of urea groups is 1. The van der Waals surface area contributed by atoms with Gasteiger partial charge in [-0.25, -0.2) is 4.79 Å². The molecule has 0 atom stereocenters. The van der Waals surface area contributed by atoms with Gasteiger partial charge < -0.3 is 11.1 Å². The van der Waals surface area contributed by atoms with Gasteiger partial charge in [0, 0.05) is 5.39 Å². The number of nitrogens with one attached hydrogen (secondary N) is 3. The highest BCUT2D eigenvalue weighted by Gasteiger charge is 2.13. The zero-order chi connectivity index (χ0) is 15.5. The smallest absolute Gasteiger partial charge is 0.324 e. The van der Waals surface area contributed by atoms with Gasteiger partial charge in [-0.2, -0.15) is 5.10 Å². The highest BCUT2D eigenvalue weighted by molar-refractivity contribution is 6.08. The average molecular weight is 295 g/mol. The topological polar surface area (TPSA) is 113 Å². The molecule has 0 saturated heterocycles. The maximum absolute atomic E-state index is 12.1. The third-order valence-corrected chi connectivity index (χ3v) is 3.18. The van der Waals surface area contributed by atoms with Crippen LogP contribution in [0.2, 0.25) is 0 Å². The number of primary amides is 1. The van der Waals surface area contributed by atoms with Gasteiger partial charge in [-0.05, 0) is 11.5 Å². The number of fused-ring (bicyclic) bond motifs is 1. The molecule has 2 aromatic carbocycles. The predicted octanol–water partition coefficient (Wildman–Crippen LogP) is 2.31. The van der Waals surface area contributed by atoms with Crippen molar-refractivity contribution in [3.8, 4) is 0 Å². The van der Waals surface area contributed by atoms with Gasteiger partial charge >= 0.3 is 6.03 Å². The Labute approximate surface area is 125 Å². The fourth-order valence-corrected chi connectivity index (χ4v) is 2.17. The molecule has 110 valence electrons. The van der Waals surface area contributed by atoms with Crippen LogP contribution < -0.4 is 16.4 Å². The van der Waals surface area contributed by atoms with Crippen LogP contribution in [0.3, 0.4) is 0 Å². The molecular formula is C15H13N5O2. The second-order valence-corrected chi connectivity index (χ2v) is 4.63. The van der Waals surface area contributed by atoms with E-state index in [0.717, 1.165) is 10.8 Å². The first kappa shape index (κ1) is 13.6. The number of anilines is 2. The van der Waals surface area contributed by atoms with Gasteiger partial charge in [-0.1, -0.05) is 36.4 Å². The Balaban J connectivity index is 1.82. The number of H-pyrrole nitrogens is 1. The molecule has 0 unspecified atom stereocenters. The molecule has 7 heteroatoms. The number of benzene rings is 2. The van der Waals surface area contributed by atoms with Crippen LogP contribution in [0, 0.1) is 0 Å². The first-order valence-corrected chi connectivity index (χ1v) is 6.54. The van der Waals surface area contributed by atoms with Crippen LogP contribution in [0.1, 0.15) is 10.4 Å². The lowest BCUT2D eigenvalue weighted by atomic mass is 10.1. The molecule has 7 nitrogen and oxygen atoms in total. The molecule has 0 spiro atoms. The van der Waals surface area contributed by atoms with Gasteiger partial charge in [0.15, 0.2) is 0 Å². The second-order valence-electron chi connectivity index (χ2n) is 4.63. The number of rotatable bonds is 3. The Kier molecular flexibility index (Phi) is 3.45. The van der Waals surface area contributed by atoms with Crippen LogP contribution in [-0.2, 0) is 0 Å². The van der Waals surface area contributed by atoms with Crippen LogP contribution >= 0.6 is 0 Å². The molecule has 0 saturated carbocycles. The monoisotopic (exact) mass is 295 g/mol. The maximum atomic E-state index is 12.1. The van der Waals surface area contributed by atoms with Gasteiger partial charge in [0.05, 0.1) is 11.9 Å². The first-order valence-electron chi connectivity index (χ1n) is 6.54. The van der Waals surface area contributed by atoms with Crippen molar-refractivity contribution in [1.82, 2.24) is 10.2 Å². The second kappa shape index (κ2) is 5.57. The van der Waals surface area contributed by atoms with Gasteiger partial charge in [-0.15, -0.1) is 0 Å². The molecule has 3 rings (SSSR count). The zero-order valence-electron chi connectivity index (χ0n) is 11.5. The summed E-state index contributed by atoms with van der Waals surface area (Å²) in [7, 11) is 0. The third-order valence-electron chi connectivity index (χ3n) is 3.18. The molecule has 22 heavy (non-hydrogen) atoms. The molecule has 1 heterocycles. The Morgan fingerprint density at radius 1 is 1.05 bits per heavy atom. The summed E-state index contributed by atoms with van der Waals surface area (Å²) < 4.78 is 0. The van der Waals surface area contributed by atoms with E-state index < -0.39 is 11.9 Å². The normalized spacial score (nSPS) is 10.4. The van der Waals surface area contributed by atoms with Crippen molar-refractivity contribution in [1.29, 1.82) is 0 Å². The van der Waals surface area contributed by atoms with Crippen molar-refractivity contribution in [3.05, 3.63) is 54.2 Å². The van der Waals surface area contributed by atoms with Crippen molar-refractivity contribution in [3.63, 3.8) is 0 Å². The summed E-state index contributed by atoms with van der Waals surface area (Å²) >= 11 is 0. The lowest BCUT2D eigenvalue weighted by Crippen LogP contribution is -2.22. The minimum Gasteiger partial charge on any atom is -0.365 e. The fourth-order valence-electron chi connectivity index (χ4n) is 2.17. The van der Waals surface area contributed by atoms with Crippen LogP contribution in [0.25, 0.3) is 10.8 Å². The third kappa shape index (κ3) is 2.59. The predicted molar refractivity (Wildman–Crippen MR) is 83.7 cm³/mol. The van der Waals surface area contributed by atoms with E-state index in [2.05, 4.69) is 20.8 Å². The number of carbonyl (C=O) groups is 2. The maximum Gasteiger partial charge on any atom is 0.324 e. The molecule has 3 aromatic rings. The fraction of sp³-hybridized carbons (Fsp3) is 0. The molecule has 3 amide bonds. The summed E-state index contributed by atoms with van der Waals surface area (Å²) in [6, 6.07) is 12.8. The Bertz CT molecular complexity index is 851. The van der Waals surface area contributed by atoms with Crippen LogP contribution in [0.5, 0.6) is 0 Å². The Morgan fingerprint density at radius 3 is 2.64 bits per heavy atom. The van der Waals surface area contributed by atoms with E-state index >= 15 is 0 Å². The number of carbonyl (C=O) groups excluding carboxylic acids is 2. The van der Waals surface area contributed by atoms with Crippen molar-refractivity contribution in [2.75, 3.05) is 10.6 Å². The summed E-state index contributed by atoms with van der Waals surface area (Å²) in [5.41, 5.74) is 5.97. The number of nitrogens with zero attached hydrogens (tertiary/aromatic N) is 1. The van der Waals surface area contributed by atoms with Crippen molar-refractivity contribution < 1.29 is 9.59 Å². The molecule has 0 radical (unpaired) electrons. The van der Waals surface area contributed by atoms with E-state index in [9.17, 15) is 9.59 Å². The number of aromatic amines is 1. The van der Waals surface area contributed by atoms with Crippen LogP contribution in [0.4, 0.5) is 16.3 Å². The summed E-state index contributed by atoms with van der Waals surface area (Å²) in [5.74, 6) is -0.514. The number of hydrogen-bond acceptors (Lipinski definition) is 3. The van der Waals surface area contributed by atoms with Crippen LogP contribution in [0.15, 0.2) is 48.7 Å². The highest BCUT2D eigenvalue weighted by atomic mass is 16.2. The summed E-state index contributed by atoms with van der Waals surface area (Å²) in [6.45, 7) is 0. The molecule has 0 aliphatic rings. The molecule has 5 N–H and O–H groups in total. The van der Waals surface area contributed by atoms with Crippen molar-refractivity contribution in [2.45, 2.75) is 0 Å². The molecule has 0 bridgehead atoms. The summed E-state index contributed by atoms with van der Waals surface area (Å²) in [6.07, 6.45) is 1.26. The standard InChI is InChI=1S/C15H13N5O2/c16-13(21)11-8-17-20-14(11)19-15(22)18-12-7-3-5-9-4-1-2-6-10(9)12/h1-8H,(H2,16,21)(H3,17,18,19,20,22). The molecule has 0 fully saturated rings. The van der Waals surface area contributed by atoms with E-state index in [0.29, 0.717) is 5.69 Å². The lowest BCUT2D eigenvalue weighted by Gasteiger charge is -2.09. The lowest BCUT2D eigenvalue weighted by molar-refractivity contribution is 0.100. The number of hydrogen-bond donors (Lipinski definition) is 4. The molecular weight excluding hydrogens is 282 g/mol.